The van der Waals surface area contributed by atoms with Crippen molar-refractivity contribution in [1.29, 1.82) is 0 Å². The first-order valence-corrected chi connectivity index (χ1v) is 9.12. The van der Waals surface area contributed by atoms with Gasteiger partial charge in [-0.3, -0.25) is 0 Å². The largest absolute Gasteiger partial charge is 0.352 e. The van der Waals surface area contributed by atoms with Crippen LogP contribution in [0.25, 0.3) is 16.8 Å². The number of hydrogen-bond acceptors (Lipinski definition) is 2. The van der Waals surface area contributed by atoms with Crippen molar-refractivity contribution in [2.45, 2.75) is 19.5 Å². The summed E-state index contributed by atoms with van der Waals surface area (Å²) in [5, 5.41) is 0. The topological polar surface area (TPSA) is 6.48 Å². The maximum absolute atomic E-state index is 2.51. The van der Waals surface area contributed by atoms with Crippen LogP contribution in [0.5, 0.6) is 0 Å². The van der Waals surface area contributed by atoms with Crippen molar-refractivity contribution in [3.05, 3.63) is 95.7 Å². The van der Waals surface area contributed by atoms with E-state index >= 15 is 0 Å². The summed E-state index contributed by atoms with van der Waals surface area (Å²) >= 11 is 0. The number of fused-ring (bicyclic) bond motifs is 6. The number of para-hydroxylation sites is 1. The molecule has 2 heterocycles. The van der Waals surface area contributed by atoms with Crippen LogP contribution in [0.3, 0.4) is 0 Å². The smallest absolute Gasteiger partial charge is 0.141 e. The van der Waals surface area contributed by atoms with Crippen LogP contribution in [0.15, 0.2) is 79.0 Å². The minimum absolute atomic E-state index is 0.236. The predicted octanol–water partition coefficient (Wildman–Crippen LogP) is 5.60. The lowest BCUT2D eigenvalue weighted by molar-refractivity contribution is 0.229. The molecule has 0 N–H and O–H groups in total. The molecule has 2 nitrogen and oxygen atoms in total. The van der Waals surface area contributed by atoms with Gasteiger partial charge in [0, 0.05) is 24.4 Å². The fourth-order valence-electron chi connectivity index (χ4n) is 4.64. The van der Waals surface area contributed by atoms with Gasteiger partial charge in [0.15, 0.2) is 0 Å². The van der Waals surface area contributed by atoms with E-state index < -0.39 is 0 Å². The van der Waals surface area contributed by atoms with Crippen LogP contribution in [0.1, 0.15) is 23.6 Å². The summed E-state index contributed by atoms with van der Waals surface area (Å²) in [6, 6.07) is 26.1. The molecule has 0 radical (unpaired) electrons. The summed E-state index contributed by atoms with van der Waals surface area (Å²) in [4.78, 5) is 4.87. The Balaban J connectivity index is 1.84. The number of nitrogens with zero attached hydrogens (tertiary/aromatic N) is 2. The van der Waals surface area contributed by atoms with Gasteiger partial charge in [-0.1, -0.05) is 66.7 Å². The van der Waals surface area contributed by atoms with E-state index in [9.17, 15) is 0 Å². The second-order valence-corrected chi connectivity index (χ2v) is 7.36. The minimum Gasteiger partial charge on any atom is -0.352 e. The molecule has 0 spiro atoms. The average molecular weight is 338 g/mol. The molecule has 2 aliphatic rings. The van der Waals surface area contributed by atoms with Crippen molar-refractivity contribution in [2.75, 3.05) is 11.9 Å². The lowest BCUT2D eigenvalue weighted by Gasteiger charge is -2.48. The normalized spacial score (nSPS) is 20.3. The molecule has 3 aromatic carbocycles. The number of hydrogen-bond donors (Lipinski definition) is 0. The van der Waals surface area contributed by atoms with Gasteiger partial charge < -0.3 is 9.80 Å². The fraction of sp³-hybridized carbons (Fsp3) is 0.167. The SMILES string of the molecule is Cc1cccc2c1C1(C)N(C)C=C(c3ccccc3)N1c1ccccc1-2. The minimum atomic E-state index is -0.236. The molecule has 2 heteroatoms. The van der Waals surface area contributed by atoms with Gasteiger partial charge in [-0.25, -0.2) is 0 Å². The van der Waals surface area contributed by atoms with Gasteiger partial charge in [0.2, 0.25) is 0 Å². The molecule has 1 unspecified atom stereocenters. The van der Waals surface area contributed by atoms with E-state index in [2.05, 4.69) is 110 Å². The Morgan fingerprint density at radius 1 is 0.769 bits per heavy atom. The van der Waals surface area contributed by atoms with Crippen LogP contribution in [-0.2, 0) is 5.66 Å². The van der Waals surface area contributed by atoms with E-state index in [0.29, 0.717) is 0 Å². The highest BCUT2D eigenvalue weighted by molar-refractivity contribution is 5.95. The number of anilines is 1. The zero-order valence-electron chi connectivity index (χ0n) is 15.4. The summed E-state index contributed by atoms with van der Waals surface area (Å²) in [5.41, 5.74) is 8.90. The standard InChI is InChI=1S/C24H22N2/c1-17-10-9-14-20-19-13-7-8-15-21(19)26-22(18-11-5-4-6-12-18)16-25(3)24(26,2)23(17)20/h4-16H,1-3H3. The zero-order chi connectivity index (χ0) is 17.9. The first kappa shape index (κ1) is 15.3. The molecule has 0 fully saturated rings. The van der Waals surface area contributed by atoms with Crippen LogP contribution in [0.4, 0.5) is 5.69 Å². The van der Waals surface area contributed by atoms with Crippen molar-refractivity contribution >= 4 is 11.4 Å². The Morgan fingerprint density at radius 3 is 2.27 bits per heavy atom. The Labute approximate surface area is 155 Å². The molecule has 0 saturated heterocycles. The number of rotatable bonds is 1. The van der Waals surface area contributed by atoms with Gasteiger partial charge >= 0.3 is 0 Å². The summed E-state index contributed by atoms with van der Waals surface area (Å²) in [5.74, 6) is 0. The molecule has 0 amide bonds. The second kappa shape index (κ2) is 5.25. The first-order chi connectivity index (χ1) is 12.6. The Bertz CT molecular complexity index is 1040. The highest BCUT2D eigenvalue weighted by Crippen LogP contribution is 2.55. The third-order valence-electron chi connectivity index (χ3n) is 5.93. The van der Waals surface area contributed by atoms with Gasteiger partial charge in [0.1, 0.15) is 5.66 Å². The van der Waals surface area contributed by atoms with E-state index in [-0.39, 0.29) is 5.66 Å². The maximum atomic E-state index is 2.51. The Hall–Kier alpha value is -3.00. The third-order valence-corrected chi connectivity index (χ3v) is 5.93. The van der Waals surface area contributed by atoms with E-state index in [1.54, 1.807) is 0 Å². The zero-order valence-corrected chi connectivity index (χ0v) is 15.4. The van der Waals surface area contributed by atoms with E-state index in [4.69, 9.17) is 0 Å². The van der Waals surface area contributed by atoms with Gasteiger partial charge in [-0.2, -0.15) is 0 Å². The summed E-state index contributed by atoms with van der Waals surface area (Å²) in [6.45, 7) is 4.56. The molecule has 0 aromatic heterocycles. The van der Waals surface area contributed by atoms with Crippen molar-refractivity contribution in [1.82, 2.24) is 4.90 Å². The summed E-state index contributed by atoms with van der Waals surface area (Å²) in [7, 11) is 2.19. The Kier molecular flexibility index (Phi) is 3.08. The number of aryl methyl sites for hydroxylation is 1. The molecule has 0 saturated carbocycles. The van der Waals surface area contributed by atoms with Crippen LogP contribution < -0.4 is 4.90 Å². The molecular weight excluding hydrogens is 316 g/mol. The van der Waals surface area contributed by atoms with Crippen molar-refractivity contribution in [3.63, 3.8) is 0 Å². The molecule has 3 aromatic rings. The van der Waals surface area contributed by atoms with Crippen molar-refractivity contribution in [3.8, 4) is 11.1 Å². The average Bonchev–Trinajstić information content (AvgIpc) is 2.94. The molecule has 1 atom stereocenters. The Morgan fingerprint density at radius 2 is 1.46 bits per heavy atom. The van der Waals surface area contributed by atoms with Gasteiger partial charge in [-0.05, 0) is 36.6 Å². The van der Waals surface area contributed by atoms with E-state index in [1.165, 1.54) is 39.2 Å². The maximum Gasteiger partial charge on any atom is 0.141 e. The molecule has 0 bridgehead atoms. The molecule has 2 aliphatic heterocycles. The summed E-state index contributed by atoms with van der Waals surface area (Å²) in [6.07, 6.45) is 2.29. The van der Waals surface area contributed by atoms with Gasteiger partial charge in [0.25, 0.3) is 0 Å². The molecule has 128 valence electrons. The summed E-state index contributed by atoms with van der Waals surface area (Å²) < 4.78 is 0. The van der Waals surface area contributed by atoms with Gasteiger partial charge in [0.05, 0.1) is 11.4 Å². The quantitative estimate of drug-likeness (QED) is 0.570. The van der Waals surface area contributed by atoms with Crippen LogP contribution in [0, 0.1) is 6.92 Å². The fourth-order valence-corrected chi connectivity index (χ4v) is 4.64. The molecule has 0 aliphatic carbocycles. The first-order valence-electron chi connectivity index (χ1n) is 9.12. The van der Waals surface area contributed by atoms with E-state index in [0.717, 1.165) is 0 Å². The van der Waals surface area contributed by atoms with Crippen LogP contribution >= 0.6 is 0 Å². The second-order valence-electron chi connectivity index (χ2n) is 7.36. The van der Waals surface area contributed by atoms with Crippen LogP contribution in [0.2, 0.25) is 0 Å². The molecule has 26 heavy (non-hydrogen) atoms. The van der Waals surface area contributed by atoms with Gasteiger partial charge in [-0.15, -0.1) is 0 Å². The van der Waals surface area contributed by atoms with Crippen molar-refractivity contribution < 1.29 is 0 Å². The van der Waals surface area contributed by atoms with Crippen molar-refractivity contribution in [2.24, 2.45) is 0 Å². The molecular formula is C24H22N2. The highest BCUT2D eigenvalue weighted by Gasteiger charge is 2.49. The predicted molar refractivity (Wildman–Crippen MR) is 109 cm³/mol. The third kappa shape index (κ3) is 1.82. The lowest BCUT2D eigenvalue weighted by atomic mass is 9.81. The van der Waals surface area contributed by atoms with Crippen LogP contribution in [-0.4, -0.2) is 11.9 Å². The highest BCUT2D eigenvalue weighted by atomic mass is 15.4. The monoisotopic (exact) mass is 338 g/mol. The molecule has 5 rings (SSSR count). The lowest BCUT2D eigenvalue weighted by Crippen LogP contribution is -2.50. The van der Waals surface area contributed by atoms with E-state index in [1.807, 2.05) is 0 Å². The number of benzene rings is 3.